The molecule has 12 aliphatic rings. The van der Waals surface area contributed by atoms with Gasteiger partial charge >= 0.3 is 0 Å². The zero-order valence-electron chi connectivity index (χ0n) is 91.5. The summed E-state index contributed by atoms with van der Waals surface area (Å²) in [7, 11) is 0. The molecule has 0 radical (unpaired) electrons. The lowest BCUT2D eigenvalue weighted by Gasteiger charge is -2.44. The van der Waals surface area contributed by atoms with Crippen molar-refractivity contribution in [2.24, 2.45) is 170 Å². The van der Waals surface area contributed by atoms with Crippen LogP contribution in [-0.2, 0) is 56.8 Å². The van der Waals surface area contributed by atoms with Crippen LogP contribution in [0.3, 0.4) is 0 Å². The minimum atomic E-state index is 0. The first-order chi connectivity index (χ1) is 60.3. The molecule has 0 aromatic heterocycles. The van der Waals surface area contributed by atoms with E-state index < -0.39 is 0 Å². The lowest BCUT2D eigenvalue weighted by Crippen LogP contribution is -2.46. The van der Waals surface area contributed by atoms with Crippen molar-refractivity contribution in [3.8, 4) is 6.07 Å². The quantitative estimate of drug-likeness (QED) is 0.0549. The van der Waals surface area contributed by atoms with E-state index in [1.165, 1.54) is 154 Å². The lowest BCUT2D eigenvalue weighted by molar-refractivity contribution is -0.140. The SMILES string of the molecule is C.CC(C)C(CC#N)C1COC1.CCC(C(C)C)C1CCOC1.CCC(C(C)C)C1CCOCC1.CCC(C(C)C)C1CO1.CCC(CC1CCOC1)C(C)C.CCC(CC1CCOCC1)C(C)C.CCC(CC1CO1)C(C)C.CCC(CC1COC1)C(C)C.CCC1(C(C)C)CCOC1.CCC1(C(C)C)CCOCC1.CCC1(C(C)C)CO1.CCC1(C(C)C)COC1. The van der Waals surface area contributed by atoms with Gasteiger partial charge in [0, 0.05) is 96.3 Å². The molecule has 13 nitrogen and oxygen atoms in total. The second-order valence-electron chi connectivity index (χ2n) is 45.6. The van der Waals surface area contributed by atoms with Crippen molar-refractivity contribution >= 4 is 0 Å². The van der Waals surface area contributed by atoms with Crippen molar-refractivity contribution in [2.45, 2.75) is 428 Å². The Bertz CT molecular complexity index is 2510. The van der Waals surface area contributed by atoms with E-state index in [-0.39, 0.29) is 7.43 Å². The molecule has 12 aliphatic heterocycles. The molecule has 0 aromatic carbocycles. The Morgan fingerprint density at radius 2 is 0.625 bits per heavy atom. The molecule has 0 spiro atoms. The first-order valence-electron chi connectivity index (χ1n) is 54.7. The molecule has 12 rings (SSSR count). The molecular weight excluding hydrogens is 1590 g/mol. The molecule has 12 heterocycles. The van der Waals surface area contributed by atoms with Gasteiger partial charge in [0.05, 0.1) is 89.9 Å². The predicted octanol–water partition coefficient (Wildman–Crippen LogP) is 31.3. The maximum Gasteiger partial charge on any atom is 0.0936 e. The molecule has 0 bridgehead atoms. The van der Waals surface area contributed by atoms with E-state index in [1.807, 2.05) is 0 Å². The Kier molecular flexibility index (Phi) is 70.9. The second kappa shape index (κ2) is 71.5. The van der Waals surface area contributed by atoms with Crippen LogP contribution in [-0.4, -0.2) is 157 Å². The second-order valence-corrected chi connectivity index (χ2v) is 45.6. The molecule has 0 aromatic rings. The summed E-state index contributed by atoms with van der Waals surface area (Å²) < 4.78 is 63.5. The molecule has 0 aliphatic carbocycles. The van der Waals surface area contributed by atoms with Crippen LogP contribution in [0.5, 0.6) is 0 Å². The topological polar surface area (TPSA) is 144 Å². The number of ether oxygens (including phenoxy) is 12. The highest BCUT2D eigenvalue weighted by atomic mass is 16.6. The van der Waals surface area contributed by atoms with E-state index in [0.29, 0.717) is 64.1 Å². The van der Waals surface area contributed by atoms with Crippen LogP contribution in [0.15, 0.2) is 0 Å². The van der Waals surface area contributed by atoms with Crippen LogP contribution in [0.1, 0.15) is 410 Å². The summed E-state index contributed by atoms with van der Waals surface area (Å²) in [4.78, 5) is 0. The number of rotatable bonds is 36. The molecule has 14 atom stereocenters. The third kappa shape index (κ3) is 50.0. The molecule has 0 N–H and O–H groups in total. The van der Waals surface area contributed by atoms with Crippen molar-refractivity contribution < 1.29 is 56.8 Å². The van der Waals surface area contributed by atoms with Gasteiger partial charge in [0.2, 0.25) is 0 Å². The van der Waals surface area contributed by atoms with Crippen molar-refractivity contribution in [2.75, 3.05) is 139 Å². The van der Waals surface area contributed by atoms with Crippen LogP contribution >= 0.6 is 0 Å². The third-order valence-electron chi connectivity index (χ3n) is 33.9. The van der Waals surface area contributed by atoms with Gasteiger partial charge in [0.25, 0.3) is 0 Å². The first-order valence-corrected chi connectivity index (χ1v) is 54.7. The highest BCUT2D eigenvalue weighted by Gasteiger charge is 2.46. The van der Waals surface area contributed by atoms with Crippen LogP contribution in [0.25, 0.3) is 0 Å². The van der Waals surface area contributed by atoms with Gasteiger partial charge in [-0.3, -0.25) is 0 Å². The van der Waals surface area contributed by atoms with Crippen LogP contribution in [0.2, 0.25) is 0 Å². The first kappa shape index (κ1) is 127. The summed E-state index contributed by atoms with van der Waals surface area (Å²) in [5.74, 6) is 21.5. The normalized spacial score (nSPS) is 25.7. The maximum absolute atomic E-state index is 8.56. The van der Waals surface area contributed by atoms with E-state index in [2.05, 4.69) is 248 Å². The minimum absolute atomic E-state index is 0. The summed E-state index contributed by atoms with van der Waals surface area (Å²) in [6.07, 6.45) is 33.2. The lowest BCUT2D eigenvalue weighted by atomic mass is 9.69. The Labute approximate surface area is 800 Å². The average molecular weight is 1820 g/mol. The van der Waals surface area contributed by atoms with Crippen molar-refractivity contribution in [3.05, 3.63) is 0 Å². The van der Waals surface area contributed by atoms with E-state index in [9.17, 15) is 0 Å². The maximum atomic E-state index is 8.56. The molecule has 128 heavy (non-hydrogen) atoms. The number of nitriles is 1. The number of hydrogen-bond donors (Lipinski definition) is 0. The standard InChI is InChI=1S/C12H24O.2C11H22O.3C10H20O.C9H15NO.2C9H18O.2C8H16O.C7H14O.CH4/c1-4-12(10(2)3)9-11-5-7-13-8-6-11;1-4-11(9(2)3)10-5-7-12-8-6-10;1-4-11(9(2)3)7-10-5-6-12-8-10;1-4-10(8(2)3)5-9-6-11-7-9;1-4-10(9(2)3)5-7-11-8-6-10;1-4-10(8(2)3)9-5-6-11-7-9;1-7(2)9(3-4-10)8-5-11-6-8;1-4-8(7(2)3)5-9-6-10-9;1-4-9(8(2)3)5-6-10-7-9;1-4-8(7(2)3)5-9-6-8;1-4-7(6(2)3)8-5-9-8;1-4-7(5-8-7)6(2)3;/h10-12H,4-9H2,1-3H3;2*9-11H,4-8H2,1-3H3;8-10H,4-7H2,1-3H3;9H,4-8H2,1-3H3;8-10H,4-7H2,1-3H3;7-9H,3,5-6H2,1-2H3;7-9H,4-6H2,1-3H3;8H,4-7H2,1-3H3;7H,4-6H2,1-3H3;6-8H,4-5H2,1-3H3;6H,4-5H2,1-3H3;1H4. The van der Waals surface area contributed by atoms with Gasteiger partial charge < -0.3 is 56.8 Å². The average Bonchev–Trinajstić information content (AvgIpc) is 1.64. The summed E-state index contributed by atoms with van der Waals surface area (Å²) in [5.41, 5.74) is 1.94. The molecule has 12 saturated heterocycles. The van der Waals surface area contributed by atoms with E-state index in [0.717, 1.165) is 269 Å². The number of nitrogens with zero attached hydrogens (tertiary/aromatic N) is 1. The highest BCUT2D eigenvalue weighted by Crippen LogP contribution is 2.44. The molecule has 766 valence electrons. The monoisotopic (exact) mass is 1820 g/mol. The number of epoxide rings is 3. The largest absolute Gasteiger partial charge is 0.381 e. The van der Waals surface area contributed by atoms with Crippen molar-refractivity contribution in [1.29, 1.82) is 5.26 Å². The Morgan fingerprint density at radius 3 is 0.875 bits per heavy atom. The zero-order chi connectivity index (χ0) is 95.9. The summed E-state index contributed by atoms with van der Waals surface area (Å²) in [5, 5.41) is 8.56. The molecule has 0 saturated carbocycles. The van der Waals surface area contributed by atoms with Gasteiger partial charge in [-0.25, -0.2) is 0 Å². The molecule has 12 fully saturated rings. The van der Waals surface area contributed by atoms with Gasteiger partial charge in [-0.2, -0.15) is 5.26 Å². The van der Waals surface area contributed by atoms with Crippen molar-refractivity contribution in [3.63, 3.8) is 0 Å². The highest BCUT2D eigenvalue weighted by molar-refractivity contribution is 4.94. The summed E-state index contributed by atoms with van der Waals surface area (Å²) in [6.45, 7) is 101. The van der Waals surface area contributed by atoms with E-state index in [1.54, 1.807) is 0 Å². The van der Waals surface area contributed by atoms with Gasteiger partial charge in [-0.15, -0.1) is 0 Å². The summed E-state index contributed by atoms with van der Waals surface area (Å²) in [6, 6.07) is 2.24. The smallest absolute Gasteiger partial charge is 0.0936 e. The number of hydrogen-bond acceptors (Lipinski definition) is 13. The fourth-order valence-corrected chi connectivity index (χ4v) is 21.6. The fraction of sp³-hybridized carbons (Fsp3) is 0.991. The van der Waals surface area contributed by atoms with Gasteiger partial charge in [-0.05, 0) is 256 Å². The molecular formula is C115H229NO12. The van der Waals surface area contributed by atoms with Crippen molar-refractivity contribution in [1.82, 2.24) is 0 Å². The van der Waals surface area contributed by atoms with Gasteiger partial charge in [0.15, 0.2) is 0 Å². The molecule has 0 amide bonds. The van der Waals surface area contributed by atoms with Gasteiger partial charge in [0.1, 0.15) is 0 Å². The third-order valence-corrected chi connectivity index (χ3v) is 33.9. The Balaban J connectivity index is 0.00000138. The van der Waals surface area contributed by atoms with Crippen LogP contribution in [0.4, 0.5) is 0 Å². The Morgan fingerprint density at radius 1 is 0.281 bits per heavy atom. The van der Waals surface area contributed by atoms with Crippen LogP contribution in [0, 0.1) is 181 Å². The molecule has 13 heteroatoms. The predicted molar refractivity (Wildman–Crippen MR) is 550 cm³/mol. The van der Waals surface area contributed by atoms with Crippen LogP contribution < -0.4 is 0 Å². The van der Waals surface area contributed by atoms with E-state index in [4.69, 9.17) is 62.1 Å². The Hall–Kier alpha value is -0.990. The van der Waals surface area contributed by atoms with Gasteiger partial charge in [-0.1, -0.05) is 301 Å². The minimum Gasteiger partial charge on any atom is -0.381 e. The fourth-order valence-electron chi connectivity index (χ4n) is 21.6. The molecule has 14 unspecified atom stereocenters. The summed E-state index contributed by atoms with van der Waals surface area (Å²) >= 11 is 0. The zero-order valence-corrected chi connectivity index (χ0v) is 91.5. The van der Waals surface area contributed by atoms with E-state index >= 15 is 0 Å².